The van der Waals surface area contributed by atoms with E-state index in [2.05, 4.69) is 253 Å². The van der Waals surface area contributed by atoms with Crippen molar-refractivity contribution in [3.63, 3.8) is 0 Å². The fourth-order valence-corrected chi connectivity index (χ4v) is 29.1. The summed E-state index contributed by atoms with van der Waals surface area (Å²) in [4.78, 5) is 32.8. The van der Waals surface area contributed by atoms with Crippen LogP contribution in [0, 0.1) is 0 Å². The first-order valence-electron chi connectivity index (χ1n) is 21.3. The number of anilines is 8. The number of hydrogen-bond donors (Lipinski definition) is 12. The molecule has 320 valence electrons. The zero-order chi connectivity index (χ0) is 43.4. The van der Waals surface area contributed by atoms with E-state index in [0.717, 1.165) is 45.5 Å². The lowest BCUT2D eigenvalue weighted by atomic mass is 10.3. The van der Waals surface area contributed by atoms with Gasteiger partial charge in [0.15, 0.2) is 0 Å². The van der Waals surface area contributed by atoms with E-state index in [1.807, 2.05) is 48.5 Å². The molecule has 0 atom stereocenters. The molecule has 0 saturated carbocycles. The van der Waals surface area contributed by atoms with Gasteiger partial charge < -0.3 is 39.9 Å². The Morgan fingerprint density at radius 3 is 0.391 bits per heavy atom. The Bertz CT molecular complexity index is 2080. The Labute approximate surface area is 379 Å². The van der Waals surface area contributed by atoms with E-state index in [4.69, 9.17) is 0 Å². The molecule has 1 aliphatic rings. The first-order valence-corrected chi connectivity index (χ1v) is 29.3. The van der Waals surface area contributed by atoms with Crippen molar-refractivity contribution in [2.75, 3.05) is 39.9 Å². The molecule has 0 unspecified atom stereocenters. The third-order valence-electron chi connectivity index (χ3n) is 10.3. The van der Waals surface area contributed by atoms with Gasteiger partial charge in [-0.3, -0.25) is 18.6 Å². The molecule has 0 aromatic heterocycles. The summed E-state index contributed by atoms with van der Waals surface area (Å²) in [6, 6.07) is 82.9. The molecule has 1 aliphatic heterocycles. The molecule has 1 heterocycles. The summed E-state index contributed by atoms with van der Waals surface area (Å²) in [5, 5.41) is 0. The van der Waals surface area contributed by atoms with Crippen LogP contribution >= 0.6 is 0 Å². The Kier molecular flexibility index (Phi) is 12.9. The topological polar surface area (TPSA) is 144 Å². The molecule has 64 heavy (non-hydrogen) atoms. The quantitative estimate of drug-likeness (QED) is 0.0421. The van der Waals surface area contributed by atoms with E-state index in [1.165, 1.54) is 0 Å². The standard InChI is InChI=1S/C48H52N12Si4/c1-9-25-41(26-10-1)49-61(50-42-27-11-2-12-28-42)57-62(51-43-29-13-3-14-30-43,52-44-31-15-4-16-32-44)59-64(55-47-37-21-7-22-38-47,56-48-39-23-8-24-40-48)60-63(58-61,53-45-33-17-5-18-34-45)54-46-35-19-6-20-36-46/h1-40,49-60H. The Morgan fingerprint density at radius 1 is 0.172 bits per heavy atom. The molecule has 0 amide bonds. The predicted molar refractivity (Wildman–Crippen MR) is 276 cm³/mol. The van der Waals surface area contributed by atoms with Crippen molar-refractivity contribution in [1.82, 2.24) is 18.6 Å². The second-order valence-electron chi connectivity index (χ2n) is 15.4. The molecular formula is C48H52N12Si4. The van der Waals surface area contributed by atoms with Gasteiger partial charge in [-0.15, -0.1) is 0 Å². The molecule has 8 aromatic carbocycles. The van der Waals surface area contributed by atoms with E-state index in [-0.39, 0.29) is 0 Å². The Morgan fingerprint density at radius 2 is 0.281 bits per heavy atom. The van der Waals surface area contributed by atoms with Crippen LogP contribution in [0.25, 0.3) is 0 Å². The monoisotopic (exact) mass is 908 g/mol. The summed E-state index contributed by atoms with van der Waals surface area (Å²) in [5.74, 6) is 0. The molecule has 1 fully saturated rings. The molecule has 16 heteroatoms. The van der Waals surface area contributed by atoms with Crippen molar-refractivity contribution in [2.24, 2.45) is 0 Å². The average molecular weight is 909 g/mol. The van der Waals surface area contributed by atoms with E-state index >= 15 is 0 Å². The van der Waals surface area contributed by atoms with Crippen molar-refractivity contribution in [3.8, 4) is 0 Å². The van der Waals surface area contributed by atoms with Crippen LogP contribution in [0.5, 0.6) is 0 Å². The van der Waals surface area contributed by atoms with Crippen LogP contribution in [0.3, 0.4) is 0 Å². The van der Waals surface area contributed by atoms with Gasteiger partial charge in [0, 0.05) is 45.5 Å². The van der Waals surface area contributed by atoms with Crippen molar-refractivity contribution < 1.29 is 0 Å². The summed E-state index contributed by atoms with van der Waals surface area (Å²) in [6.45, 7) is 0. The molecule has 1 saturated heterocycles. The highest BCUT2D eigenvalue weighted by atomic mass is 28.5. The highest BCUT2D eigenvalue weighted by Crippen LogP contribution is 2.26. The second-order valence-corrected chi connectivity index (χ2v) is 27.4. The number of benzene rings is 8. The largest absolute Gasteiger partial charge is 0.422 e. The number of hydrogen-bond acceptors (Lipinski definition) is 12. The molecule has 0 aliphatic carbocycles. The molecule has 12 N–H and O–H groups in total. The molecule has 0 spiro atoms. The highest BCUT2D eigenvalue weighted by molar-refractivity contribution is 7.11. The molecule has 8 aromatic rings. The van der Waals surface area contributed by atoms with Crippen molar-refractivity contribution >= 4 is 80.4 Å². The first kappa shape index (κ1) is 42.2. The lowest BCUT2D eigenvalue weighted by molar-refractivity contribution is 1.02. The van der Waals surface area contributed by atoms with Gasteiger partial charge in [-0.2, -0.15) is 0 Å². The number of para-hydroxylation sites is 8. The summed E-state index contributed by atoms with van der Waals surface area (Å²) in [5.41, 5.74) is 7.42. The van der Waals surface area contributed by atoms with Crippen LogP contribution in [0.2, 0.25) is 0 Å². The van der Waals surface area contributed by atoms with Crippen LogP contribution in [0.4, 0.5) is 45.5 Å². The summed E-state index contributed by atoms with van der Waals surface area (Å²) in [7, 11) is -14.7. The fourth-order valence-electron chi connectivity index (χ4n) is 7.78. The van der Waals surface area contributed by atoms with Gasteiger partial charge in [0.2, 0.25) is 0 Å². The van der Waals surface area contributed by atoms with Crippen molar-refractivity contribution in [2.45, 2.75) is 0 Å². The normalized spacial score (nSPS) is 15.8. The maximum atomic E-state index is 4.41. The van der Waals surface area contributed by atoms with E-state index < -0.39 is 34.9 Å². The number of rotatable bonds is 16. The number of nitrogens with one attached hydrogen (secondary N) is 12. The smallest absolute Gasteiger partial charge is 0.370 e. The first-order chi connectivity index (χ1) is 31.5. The van der Waals surface area contributed by atoms with Gasteiger partial charge in [0.05, 0.1) is 0 Å². The van der Waals surface area contributed by atoms with Gasteiger partial charge in [0.1, 0.15) is 0 Å². The minimum Gasteiger partial charge on any atom is -0.370 e. The fraction of sp³-hybridized carbons (Fsp3) is 0. The van der Waals surface area contributed by atoms with Crippen LogP contribution in [0.1, 0.15) is 0 Å². The van der Waals surface area contributed by atoms with Gasteiger partial charge in [-0.05, 0) is 97.1 Å². The summed E-state index contributed by atoms with van der Waals surface area (Å²) >= 11 is 0. The maximum absolute atomic E-state index is 4.41. The molecular weight excluding hydrogens is 857 g/mol. The summed E-state index contributed by atoms with van der Waals surface area (Å²) < 4.78 is 17.6. The summed E-state index contributed by atoms with van der Waals surface area (Å²) in [6.07, 6.45) is 0. The maximum Gasteiger partial charge on any atom is 0.422 e. The van der Waals surface area contributed by atoms with Crippen molar-refractivity contribution in [3.05, 3.63) is 243 Å². The predicted octanol–water partition coefficient (Wildman–Crippen LogP) is 9.00. The second kappa shape index (κ2) is 19.5. The van der Waals surface area contributed by atoms with Gasteiger partial charge in [0.25, 0.3) is 0 Å². The Balaban J connectivity index is 1.35. The third-order valence-corrected chi connectivity index (χ3v) is 27.7. The molecule has 0 radical (unpaired) electrons. The van der Waals surface area contributed by atoms with Gasteiger partial charge >= 0.3 is 34.9 Å². The SMILES string of the molecule is c1ccc(N[Si]2(Nc3ccccc3)N[Si](Nc3ccccc3)(Nc3ccccc3)N[Si](Nc3ccccc3)(Nc3ccccc3)N[Si](Nc3ccccc3)(Nc3ccccc3)N2)cc1. The minimum absolute atomic E-state index is 0.927. The van der Waals surface area contributed by atoms with Crippen LogP contribution in [0.15, 0.2) is 243 Å². The Hall–Kier alpha value is -7.13. The van der Waals surface area contributed by atoms with Gasteiger partial charge in [-0.25, -0.2) is 0 Å². The van der Waals surface area contributed by atoms with Crippen molar-refractivity contribution in [1.29, 1.82) is 0 Å². The average Bonchev–Trinajstić information content (AvgIpc) is 3.31. The van der Waals surface area contributed by atoms with Crippen LogP contribution in [-0.2, 0) is 0 Å². The van der Waals surface area contributed by atoms with E-state index in [0.29, 0.717) is 0 Å². The molecule has 9 rings (SSSR count). The molecule has 0 bridgehead atoms. The zero-order valence-electron chi connectivity index (χ0n) is 35.1. The molecule has 12 nitrogen and oxygen atoms in total. The third kappa shape index (κ3) is 10.9. The minimum atomic E-state index is -3.66. The lowest BCUT2D eigenvalue weighted by Gasteiger charge is -2.54. The van der Waals surface area contributed by atoms with Gasteiger partial charge in [-0.1, -0.05) is 146 Å². The van der Waals surface area contributed by atoms with Crippen LogP contribution in [-0.4, -0.2) is 34.9 Å². The lowest BCUT2D eigenvalue weighted by Crippen LogP contribution is -3.02. The van der Waals surface area contributed by atoms with E-state index in [1.54, 1.807) is 0 Å². The van der Waals surface area contributed by atoms with Crippen LogP contribution < -0.4 is 58.5 Å². The highest BCUT2D eigenvalue weighted by Gasteiger charge is 2.63. The zero-order valence-corrected chi connectivity index (χ0v) is 39.1. The van der Waals surface area contributed by atoms with E-state index in [9.17, 15) is 0 Å².